The lowest BCUT2D eigenvalue weighted by atomic mass is 10.0. The summed E-state index contributed by atoms with van der Waals surface area (Å²) in [6.07, 6.45) is 6.08. The summed E-state index contributed by atoms with van der Waals surface area (Å²) in [6.45, 7) is 4.30. The minimum atomic E-state index is 0.0335. The topological polar surface area (TPSA) is 29.1 Å². The Hall–Kier alpha value is -1.61. The van der Waals surface area contributed by atoms with E-state index in [2.05, 4.69) is 31.3 Å². The number of anilines is 1. The summed E-state index contributed by atoms with van der Waals surface area (Å²) in [5, 5.41) is 3.10. The summed E-state index contributed by atoms with van der Waals surface area (Å²) in [7, 11) is 0. The standard InChI is InChI=1S/C19H23NOS/c1-13(2)15-9-6-7-10-16(15)20-19(21)18-12-14-8-4-3-5-11-17(14)22-18/h6-7,9-10,12-13H,3-5,8,11H2,1-2H3,(H,20,21). The quantitative estimate of drug-likeness (QED) is 0.756. The van der Waals surface area contributed by atoms with Crippen LogP contribution in [0.15, 0.2) is 30.3 Å². The predicted molar refractivity (Wildman–Crippen MR) is 94.1 cm³/mol. The van der Waals surface area contributed by atoms with Gasteiger partial charge >= 0.3 is 0 Å². The van der Waals surface area contributed by atoms with Gasteiger partial charge in [0.15, 0.2) is 0 Å². The minimum Gasteiger partial charge on any atom is -0.321 e. The van der Waals surface area contributed by atoms with Crippen molar-refractivity contribution in [2.75, 3.05) is 5.32 Å². The Morgan fingerprint density at radius 1 is 1.14 bits per heavy atom. The molecule has 1 heterocycles. The molecule has 116 valence electrons. The van der Waals surface area contributed by atoms with Crippen molar-refractivity contribution < 1.29 is 4.79 Å². The molecule has 0 spiro atoms. The first-order valence-corrected chi connectivity index (χ1v) is 8.98. The SMILES string of the molecule is CC(C)c1ccccc1NC(=O)c1cc2c(s1)CCCCC2. The number of benzene rings is 1. The molecule has 0 aliphatic heterocycles. The summed E-state index contributed by atoms with van der Waals surface area (Å²) in [5.41, 5.74) is 3.52. The summed E-state index contributed by atoms with van der Waals surface area (Å²) in [6, 6.07) is 10.2. The lowest BCUT2D eigenvalue weighted by Gasteiger charge is -2.13. The number of thiophene rings is 1. The fourth-order valence-corrected chi connectivity index (χ4v) is 4.23. The van der Waals surface area contributed by atoms with Gasteiger partial charge in [0.1, 0.15) is 0 Å². The van der Waals surface area contributed by atoms with E-state index >= 15 is 0 Å². The Morgan fingerprint density at radius 2 is 1.91 bits per heavy atom. The number of para-hydroxylation sites is 1. The number of fused-ring (bicyclic) bond motifs is 1. The molecule has 1 aliphatic carbocycles. The highest BCUT2D eigenvalue weighted by Crippen LogP contribution is 2.30. The van der Waals surface area contributed by atoms with Gasteiger partial charge in [0, 0.05) is 10.6 Å². The Kier molecular flexibility index (Phi) is 4.63. The zero-order chi connectivity index (χ0) is 15.5. The van der Waals surface area contributed by atoms with E-state index in [4.69, 9.17) is 0 Å². The number of nitrogens with one attached hydrogen (secondary N) is 1. The molecule has 0 unspecified atom stereocenters. The summed E-state index contributed by atoms with van der Waals surface area (Å²) >= 11 is 1.68. The Balaban J connectivity index is 1.81. The molecule has 0 atom stereocenters. The molecule has 1 aromatic carbocycles. The van der Waals surface area contributed by atoms with Crippen molar-refractivity contribution in [2.24, 2.45) is 0 Å². The Labute approximate surface area is 136 Å². The van der Waals surface area contributed by atoms with Gasteiger partial charge < -0.3 is 5.32 Å². The van der Waals surface area contributed by atoms with E-state index in [0.717, 1.165) is 23.4 Å². The summed E-state index contributed by atoms with van der Waals surface area (Å²) in [4.78, 5) is 14.9. The lowest BCUT2D eigenvalue weighted by Crippen LogP contribution is -2.12. The number of hydrogen-bond acceptors (Lipinski definition) is 2. The third-order valence-corrected chi connectivity index (χ3v) is 5.54. The Bertz CT molecular complexity index is 648. The zero-order valence-electron chi connectivity index (χ0n) is 13.3. The fraction of sp³-hybridized carbons (Fsp3) is 0.421. The van der Waals surface area contributed by atoms with E-state index in [-0.39, 0.29) is 5.91 Å². The minimum absolute atomic E-state index is 0.0335. The largest absolute Gasteiger partial charge is 0.321 e. The molecule has 1 aliphatic rings. The van der Waals surface area contributed by atoms with Crippen LogP contribution in [0.5, 0.6) is 0 Å². The molecule has 2 aromatic rings. The van der Waals surface area contributed by atoms with Crippen LogP contribution in [-0.2, 0) is 12.8 Å². The van der Waals surface area contributed by atoms with Gasteiger partial charge in [-0.2, -0.15) is 0 Å². The highest BCUT2D eigenvalue weighted by Gasteiger charge is 2.17. The maximum absolute atomic E-state index is 12.6. The van der Waals surface area contributed by atoms with Crippen LogP contribution in [0.2, 0.25) is 0 Å². The van der Waals surface area contributed by atoms with E-state index in [1.807, 2.05) is 18.2 Å². The third-order valence-electron chi connectivity index (χ3n) is 4.30. The highest BCUT2D eigenvalue weighted by atomic mass is 32.1. The molecule has 0 radical (unpaired) electrons. The van der Waals surface area contributed by atoms with E-state index in [0.29, 0.717) is 5.92 Å². The fourth-order valence-electron chi connectivity index (χ4n) is 3.08. The second kappa shape index (κ2) is 6.66. The molecule has 1 amide bonds. The van der Waals surface area contributed by atoms with E-state index < -0.39 is 0 Å². The maximum Gasteiger partial charge on any atom is 0.265 e. The lowest BCUT2D eigenvalue weighted by molar-refractivity contribution is 0.103. The molecule has 22 heavy (non-hydrogen) atoms. The van der Waals surface area contributed by atoms with Gasteiger partial charge in [-0.25, -0.2) is 0 Å². The molecular weight excluding hydrogens is 290 g/mol. The molecule has 3 heteroatoms. The van der Waals surface area contributed by atoms with Crippen LogP contribution in [0, 0.1) is 0 Å². The number of hydrogen-bond donors (Lipinski definition) is 1. The third kappa shape index (κ3) is 3.25. The van der Waals surface area contributed by atoms with Crippen molar-refractivity contribution in [1.29, 1.82) is 0 Å². The second-order valence-electron chi connectivity index (χ2n) is 6.32. The van der Waals surface area contributed by atoms with Crippen LogP contribution in [0.1, 0.15) is 64.7 Å². The first-order valence-electron chi connectivity index (χ1n) is 8.17. The summed E-state index contributed by atoms with van der Waals surface area (Å²) in [5.74, 6) is 0.433. The first kappa shape index (κ1) is 15.3. The molecule has 0 bridgehead atoms. The van der Waals surface area contributed by atoms with Crippen LogP contribution < -0.4 is 5.32 Å². The van der Waals surface area contributed by atoms with Gasteiger partial charge in [-0.15, -0.1) is 11.3 Å². The van der Waals surface area contributed by atoms with Gasteiger partial charge in [0.25, 0.3) is 5.91 Å². The molecule has 2 nitrogen and oxygen atoms in total. The first-order chi connectivity index (χ1) is 10.6. The molecular formula is C19H23NOS. The van der Waals surface area contributed by atoms with Crippen molar-refractivity contribution in [3.8, 4) is 0 Å². The molecule has 0 fully saturated rings. The smallest absolute Gasteiger partial charge is 0.265 e. The van der Waals surface area contributed by atoms with Gasteiger partial charge in [0.05, 0.1) is 4.88 Å². The van der Waals surface area contributed by atoms with E-state index in [9.17, 15) is 4.79 Å². The van der Waals surface area contributed by atoms with Crippen LogP contribution in [0.3, 0.4) is 0 Å². The maximum atomic E-state index is 12.6. The average molecular weight is 313 g/mol. The molecule has 0 saturated carbocycles. The van der Waals surface area contributed by atoms with Crippen LogP contribution >= 0.6 is 11.3 Å². The normalized spacial score (nSPS) is 14.5. The number of carbonyl (C=O) groups is 1. The van der Waals surface area contributed by atoms with Crippen LogP contribution in [0.4, 0.5) is 5.69 Å². The number of aryl methyl sites for hydroxylation is 2. The van der Waals surface area contributed by atoms with E-state index in [1.165, 1.54) is 35.3 Å². The van der Waals surface area contributed by atoms with Crippen molar-refractivity contribution in [2.45, 2.75) is 51.9 Å². The van der Waals surface area contributed by atoms with Crippen molar-refractivity contribution >= 4 is 22.9 Å². The Morgan fingerprint density at radius 3 is 2.73 bits per heavy atom. The molecule has 1 N–H and O–H groups in total. The average Bonchev–Trinajstić information content (AvgIpc) is 2.79. The number of rotatable bonds is 3. The van der Waals surface area contributed by atoms with Gasteiger partial charge in [0.2, 0.25) is 0 Å². The molecule has 0 saturated heterocycles. The molecule has 3 rings (SSSR count). The summed E-state index contributed by atoms with van der Waals surface area (Å²) < 4.78 is 0. The van der Waals surface area contributed by atoms with Gasteiger partial charge in [-0.3, -0.25) is 4.79 Å². The molecule has 1 aromatic heterocycles. The second-order valence-corrected chi connectivity index (χ2v) is 7.45. The van der Waals surface area contributed by atoms with Crippen LogP contribution in [-0.4, -0.2) is 5.91 Å². The van der Waals surface area contributed by atoms with Crippen LogP contribution in [0.25, 0.3) is 0 Å². The highest BCUT2D eigenvalue weighted by molar-refractivity contribution is 7.14. The predicted octanol–water partition coefficient (Wildman–Crippen LogP) is 5.39. The number of carbonyl (C=O) groups excluding carboxylic acids is 1. The van der Waals surface area contributed by atoms with Gasteiger partial charge in [-0.1, -0.05) is 38.5 Å². The van der Waals surface area contributed by atoms with Crippen molar-refractivity contribution in [3.63, 3.8) is 0 Å². The zero-order valence-corrected chi connectivity index (χ0v) is 14.1. The van der Waals surface area contributed by atoms with Crippen molar-refractivity contribution in [1.82, 2.24) is 0 Å². The number of amides is 1. The monoisotopic (exact) mass is 313 g/mol. The van der Waals surface area contributed by atoms with Gasteiger partial charge in [-0.05, 0) is 54.9 Å². The van der Waals surface area contributed by atoms with E-state index in [1.54, 1.807) is 11.3 Å². The van der Waals surface area contributed by atoms with Crippen molar-refractivity contribution in [3.05, 3.63) is 51.2 Å².